The highest BCUT2D eigenvalue weighted by Crippen LogP contribution is 2.29. The highest BCUT2D eigenvalue weighted by molar-refractivity contribution is 7.99. The molecule has 1 saturated heterocycles. The van der Waals surface area contributed by atoms with Crippen LogP contribution in [0.25, 0.3) is 0 Å². The van der Waals surface area contributed by atoms with E-state index in [-0.39, 0.29) is 11.8 Å². The summed E-state index contributed by atoms with van der Waals surface area (Å²) in [7, 11) is 0. The number of nitrogens with zero attached hydrogens (tertiary/aromatic N) is 1. The van der Waals surface area contributed by atoms with E-state index in [1.165, 1.54) is 0 Å². The second-order valence-electron chi connectivity index (χ2n) is 4.20. The van der Waals surface area contributed by atoms with E-state index >= 15 is 0 Å². The quantitative estimate of drug-likeness (QED) is 0.838. The van der Waals surface area contributed by atoms with Crippen molar-refractivity contribution < 1.29 is 4.79 Å². The van der Waals surface area contributed by atoms with Gasteiger partial charge in [0, 0.05) is 18.2 Å². The van der Waals surface area contributed by atoms with Gasteiger partial charge in [-0.15, -0.1) is 0 Å². The third kappa shape index (κ3) is 2.57. The van der Waals surface area contributed by atoms with Gasteiger partial charge in [0.05, 0.1) is 11.4 Å². The molecule has 1 aromatic rings. The highest BCUT2D eigenvalue weighted by atomic mass is 32.2. The molecule has 17 heavy (non-hydrogen) atoms. The number of anilines is 2. The number of nitrogens with two attached hydrogens (primary N) is 1. The Bertz CT molecular complexity index is 402. The minimum absolute atomic E-state index is 0.166. The molecule has 4 heteroatoms. The summed E-state index contributed by atoms with van der Waals surface area (Å²) in [6.45, 7) is 2.67. The molecule has 1 atom stereocenters. The SMILES string of the molecule is CCN(C(=O)C1CCSC1)c1ccccc1N. The molecule has 92 valence electrons. The van der Waals surface area contributed by atoms with E-state index in [9.17, 15) is 4.79 Å². The molecule has 0 saturated carbocycles. The lowest BCUT2D eigenvalue weighted by atomic mass is 10.1. The van der Waals surface area contributed by atoms with Crippen LogP contribution in [0.1, 0.15) is 13.3 Å². The summed E-state index contributed by atoms with van der Waals surface area (Å²) in [5, 5.41) is 0. The summed E-state index contributed by atoms with van der Waals surface area (Å²) in [6, 6.07) is 7.57. The topological polar surface area (TPSA) is 46.3 Å². The van der Waals surface area contributed by atoms with Crippen LogP contribution < -0.4 is 10.6 Å². The predicted octanol–water partition coefficient (Wildman–Crippen LogP) is 2.37. The van der Waals surface area contributed by atoms with Crippen molar-refractivity contribution in [3.05, 3.63) is 24.3 Å². The second-order valence-corrected chi connectivity index (χ2v) is 5.35. The van der Waals surface area contributed by atoms with Gasteiger partial charge in [-0.3, -0.25) is 4.79 Å². The molecule has 1 fully saturated rings. The first kappa shape index (κ1) is 12.3. The van der Waals surface area contributed by atoms with Crippen molar-refractivity contribution in [3.63, 3.8) is 0 Å². The van der Waals surface area contributed by atoms with Gasteiger partial charge in [0.2, 0.25) is 5.91 Å². The number of rotatable bonds is 3. The Hall–Kier alpha value is -1.16. The summed E-state index contributed by atoms with van der Waals surface area (Å²) in [5.41, 5.74) is 7.45. The molecule has 1 aliphatic heterocycles. The second kappa shape index (κ2) is 5.45. The Labute approximate surface area is 106 Å². The summed E-state index contributed by atoms with van der Waals surface area (Å²) < 4.78 is 0. The smallest absolute Gasteiger partial charge is 0.231 e. The zero-order valence-electron chi connectivity index (χ0n) is 10.1. The van der Waals surface area contributed by atoms with Gasteiger partial charge >= 0.3 is 0 Å². The maximum Gasteiger partial charge on any atom is 0.231 e. The third-order valence-electron chi connectivity index (χ3n) is 3.09. The number of carbonyl (C=O) groups is 1. The third-order valence-corrected chi connectivity index (χ3v) is 4.25. The van der Waals surface area contributed by atoms with Crippen LogP contribution in [0.15, 0.2) is 24.3 Å². The number of thioether (sulfide) groups is 1. The lowest BCUT2D eigenvalue weighted by Gasteiger charge is -2.25. The number of para-hydroxylation sites is 2. The number of hydrogen-bond acceptors (Lipinski definition) is 3. The van der Waals surface area contributed by atoms with Crippen molar-refractivity contribution in [2.45, 2.75) is 13.3 Å². The summed E-state index contributed by atoms with van der Waals surface area (Å²) in [5.74, 6) is 2.43. The van der Waals surface area contributed by atoms with E-state index in [2.05, 4.69) is 0 Å². The van der Waals surface area contributed by atoms with Crippen LogP contribution in [0.5, 0.6) is 0 Å². The lowest BCUT2D eigenvalue weighted by Crippen LogP contribution is -2.36. The Morgan fingerprint density at radius 2 is 2.29 bits per heavy atom. The van der Waals surface area contributed by atoms with Gasteiger partial charge in [0.15, 0.2) is 0 Å². The number of benzene rings is 1. The Kier molecular flexibility index (Phi) is 3.94. The minimum Gasteiger partial charge on any atom is -0.397 e. The lowest BCUT2D eigenvalue weighted by molar-refractivity contribution is -0.121. The summed E-state index contributed by atoms with van der Waals surface area (Å²) in [6.07, 6.45) is 0.993. The first-order chi connectivity index (χ1) is 8.24. The minimum atomic E-state index is 0.166. The Balaban J connectivity index is 2.21. The molecule has 0 aromatic heterocycles. The van der Waals surface area contributed by atoms with Crippen LogP contribution >= 0.6 is 11.8 Å². The number of hydrogen-bond donors (Lipinski definition) is 1. The van der Waals surface area contributed by atoms with Crippen LogP contribution in [0.4, 0.5) is 11.4 Å². The van der Waals surface area contributed by atoms with E-state index in [1.54, 1.807) is 0 Å². The fraction of sp³-hybridized carbons (Fsp3) is 0.462. The van der Waals surface area contributed by atoms with Crippen molar-refractivity contribution in [2.24, 2.45) is 5.92 Å². The average molecular weight is 250 g/mol. The fourth-order valence-electron chi connectivity index (χ4n) is 2.13. The van der Waals surface area contributed by atoms with Crippen LogP contribution in [0, 0.1) is 5.92 Å². The molecule has 2 N–H and O–H groups in total. The van der Waals surface area contributed by atoms with Crippen molar-refractivity contribution >= 4 is 29.0 Å². The van der Waals surface area contributed by atoms with Gasteiger partial charge in [-0.25, -0.2) is 0 Å². The van der Waals surface area contributed by atoms with Crippen LogP contribution in [0.2, 0.25) is 0 Å². The van der Waals surface area contributed by atoms with Crippen molar-refractivity contribution in [1.82, 2.24) is 0 Å². The van der Waals surface area contributed by atoms with E-state index in [0.29, 0.717) is 12.2 Å². The van der Waals surface area contributed by atoms with Crippen molar-refractivity contribution in [3.8, 4) is 0 Å². The van der Waals surface area contributed by atoms with Gasteiger partial charge in [0.25, 0.3) is 0 Å². The first-order valence-electron chi connectivity index (χ1n) is 5.97. The molecular formula is C13H18N2OS. The molecule has 0 bridgehead atoms. The summed E-state index contributed by atoms with van der Waals surface area (Å²) in [4.78, 5) is 14.2. The van der Waals surface area contributed by atoms with Gasteiger partial charge in [-0.05, 0) is 31.2 Å². The maximum absolute atomic E-state index is 12.4. The van der Waals surface area contributed by atoms with Crippen LogP contribution in [-0.4, -0.2) is 24.0 Å². The molecule has 1 unspecified atom stereocenters. The number of nitrogen functional groups attached to an aromatic ring is 1. The standard InChI is InChI=1S/C13H18N2OS/c1-2-15(12-6-4-3-5-11(12)14)13(16)10-7-8-17-9-10/h3-6,10H,2,7-9,14H2,1H3. The van der Waals surface area contributed by atoms with E-state index in [1.807, 2.05) is 47.9 Å². The molecule has 1 aliphatic rings. The maximum atomic E-state index is 12.4. The molecule has 0 radical (unpaired) electrons. The van der Waals surface area contributed by atoms with Gasteiger partial charge in [-0.2, -0.15) is 11.8 Å². The fourth-order valence-corrected chi connectivity index (χ4v) is 3.34. The highest BCUT2D eigenvalue weighted by Gasteiger charge is 2.28. The molecular weight excluding hydrogens is 232 g/mol. The summed E-state index contributed by atoms with van der Waals surface area (Å²) >= 11 is 1.86. The normalized spacial score (nSPS) is 19.2. The average Bonchev–Trinajstić information content (AvgIpc) is 2.86. The van der Waals surface area contributed by atoms with E-state index < -0.39 is 0 Å². The molecule has 1 aromatic carbocycles. The zero-order valence-corrected chi connectivity index (χ0v) is 10.9. The van der Waals surface area contributed by atoms with Crippen molar-refractivity contribution in [1.29, 1.82) is 0 Å². The van der Waals surface area contributed by atoms with Crippen LogP contribution in [0.3, 0.4) is 0 Å². The van der Waals surface area contributed by atoms with Gasteiger partial charge < -0.3 is 10.6 Å². The molecule has 1 amide bonds. The molecule has 3 nitrogen and oxygen atoms in total. The first-order valence-corrected chi connectivity index (χ1v) is 7.13. The number of amides is 1. The predicted molar refractivity (Wildman–Crippen MR) is 74.3 cm³/mol. The van der Waals surface area contributed by atoms with E-state index in [0.717, 1.165) is 23.6 Å². The Morgan fingerprint density at radius 1 is 1.53 bits per heavy atom. The molecule has 0 aliphatic carbocycles. The largest absolute Gasteiger partial charge is 0.397 e. The van der Waals surface area contributed by atoms with Crippen LogP contribution in [-0.2, 0) is 4.79 Å². The van der Waals surface area contributed by atoms with E-state index in [4.69, 9.17) is 5.73 Å². The molecule has 1 heterocycles. The van der Waals surface area contributed by atoms with Gasteiger partial charge in [-0.1, -0.05) is 12.1 Å². The van der Waals surface area contributed by atoms with Gasteiger partial charge in [0.1, 0.15) is 0 Å². The van der Waals surface area contributed by atoms with Crippen molar-refractivity contribution in [2.75, 3.05) is 28.7 Å². The zero-order chi connectivity index (χ0) is 12.3. The molecule has 0 spiro atoms. The molecule has 2 rings (SSSR count). The number of carbonyl (C=O) groups excluding carboxylic acids is 1. The Morgan fingerprint density at radius 3 is 2.88 bits per heavy atom. The monoisotopic (exact) mass is 250 g/mol.